The first kappa shape index (κ1) is 32.6. The Hall–Kier alpha value is -2.57. The zero-order valence-electron chi connectivity index (χ0n) is 24.1. The van der Waals surface area contributed by atoms with Gasteiger partial charge < -0.3 is 19.5 Å². The summed E-state index contributed by atoms with van der Waals surface area (Å²) in [4.78, 5) is 25.1. The van der Waals surface area contributed by atoms with Crippen LogP contribution < -0.4 is 14.8 Å². The first-order chi connectivity index (χ1) is 18.7. The number of esters is 2. The van der Waals surface area contributed by atoms with Gasteiger partial charge in [0.2, 0.25) is 0 Å². The third-order valence-electron chi connectivity index (χ3n) is 6.53. The Kier molecular flexibility index (Phi) is 15.0. The second-order valence-electron chi connectivity index (χ2n) is 10.4. The average Bonchev–Trinajstić information content (AvgIpc) is 2.91. The Morgan fingerprint density at radius 1 is 0.821 bits per heavy atom. The number of halogens is 1. The smallest absolute Gasteiger partial charge is 0.349 e. The molecule has 0 aliphatic rings. The molecule has 0 saturated carbocycles. The van der Waals surface area contributed by atoms with E-state index in [1.54, 1.807) is 45.0 Å². The molecule has 2 aromatic rings. The summed E-state index contributed by atoms with van der Waals surface area (Å²) >= 11 is 5.97. The Bertz CT molecular complexity index is 975. The molecule has 0 aliphatic carbocycles. The number of hydrogen-bond donors (Lipinski definition) is 1. The molecule has 1 unspecified atom stereocenters. The maximum Gasteiger partial charge on any atom is 0.349 e. The van der Waals surface area contributed by atoms with Crippen LogP contribution in [0.2, 0.25) is 5.02 Å². The molecule has 0 bridgehead atoms. The quantitative estimate of drug-likeness (QED) is 0.107. The van der Waals surface area contributed by atoms with Crippen molar-refractivity contribution in [2.24, 2.45) is 0 Å². The molecule has 216 valence electrons. The monoisotopic (exact) mass is 559 g/mol. The summed E-state index contributed by atoms with van der Waals surface area (Å²) in [5.74, 6) is 0.349. The third-order valence-corrected chi connectivity index (χ3v) is 6.78. The van der Waals surface area contributed by atoms with Crippen molar-refractivity contribution in [3.05, 3.63) is 59.1 Å². The lowest BCUT2D eigenvalue weighted by atomic mass is 10.0. The highest BCUT2D eigenvalue weighted by Crippen LogP contribution is 2.21. The highest BCUT2D eigenvalue weighted by atomic mass is 35.5. The topological polar surface area (TPSA) is 73.9 Å². The predicted octanol–water partition coefficient (Wildman–Crippen LogP) is 8.05. The van der Waals surface area contributed by atoms with Gasteiger partial charge in [0, 0.05) is 11.6 Å². The van der Waals surface area contributed by atoms with E-state index >= 15 is 0 Å². The Labute approximate surface area is 239 Å². The van der Waals surface area contributed by atoms with Crippen LogP contribution in [0, 0.1) is 0 Å². The highest BCUT2D eigenvalue weighted by molar-refractivity contribution is 6.30. The second kappa shape index (κ2) is 17.9. The molecular weight excluding hydrogens is 514 g/mol. The minimum absolute atomic E-state index is 0.298. The van der Waals surface area contributed by atoms with Gasteiger partial charge in [0.05, 0.1) is 6.61 Å². The second-order valence-corrected chi connectivity index (χ2v) is 10.8. The molecule has 1 atom stereocenters. The summed E-state index contributed by atoms with van der Waals surface area (Å²) in [5.41, 5.74) is -0.0883. The van der Waals surface area contributed by atoms with Crippen molar-refractivity contribution in [2.75, 3.05) is 6.61 Å². The van der Waals surface area contributed by atoms with Gasteiger partial charge in [-0.3, -0.25) is 0 Å². The number of benzene rings is 2. The number of carbonyl (C=O) groups is 2. The Morgan fingerprint density at radius 3 is 1.97 bits per heavy atom. The lowest BCUT2D eigenvalue weighted by molar-refractivity contribution is -0.158. The molecule has 0 aliphatic heterocycles. The van der Waals surface area contributed by atoms with Crippen molar-refractivity contribution in [3.8, 4) is 11.5 Å². The standard InChI is InChI=1S/C32H46ClNO5/c1-5-7-8-9-10-11-12-13-14-15-29(30(35)38-27-22-18-26(33)19-23-27)34-24-25-16-20-28(21-17-25)39-32(3,4)31(36)37-6-2/h16-23,29,34H,5-15,24H2,1-4H3. The number of unbranched alkanes of at least 4 members (excludes halogenated alkanes) is 8. The first-order valence-electron chi connectivity index (χ1n) is 14.4. The average molecular weight is 560 g/mol. The lowest BCUT2D eigenvalue weighted by Gasteiger charge is -2.24. The maximum atomic E-state index is 13.0. The van der Waals surface area contributed by atoms with Crippen LogP contribution in [-0.4, -0.2) is 30.2 Å². The van der Waals surface area contributed by atoms with Crippen LogP contribution in [0.1, 0.15) is 97.5 Å². The molecule has 0 spiro atoms. The van der Waals surface area contributed by atoms with Gasteiger partial charge in [-0.1, -0.05) is 88.4 Å². The van der Waals surface area contributed by atoms with Crippen molar-refractivity contribution in [3.63, 3.8) is 0 Å². The molecule has 6 nitrogen and oxygen atoms in total. The van der Waals surface area contributed by atoms with Crippen molar-refractivity contribution in [1.29, 1.82) is 0 Å². The molecule has 0 fully saturated rings. The largest absolute Gasteiger partial charge is 0.476 e. The van der Waals surface area contributed by atoms with E-state index in [9.17, 15) is 9.59 Å². The van der Waals surface area contributed by atoms with Crippen LogP contribution in [0.15, 0.2) is 48.5 Å². The van der Waals surface area contributed by atoms with Crippen LogP contribution in [0.3, 0.4) is 0 Å². The Balaban J connectivity index is 1.90. The lowest BCUT2D eigenvalue weighted by Crippen LogP contribution is -2.39. The molecular formula is C32H46ClNO5. The van der Waals surface area contributed by atoms with Crippen LogP contribution in [0.4, 0.5) is 0 Å². The fraction of sp³-hybridized carbons (Fsp3) is 0.562. The van der Waals surface area contributed by atoms with E-state index in [0.29, 0.717) is 36.1 Å². The summed E-state index contributed by atoms with van der Waals surface area (Å²) in [6, 6.07) is 13.9. The molecule has 0 heterocycles. The van der Waals surface area contributed by atoms with Crippen LogP contribution in [0.25, 0.3) is 0 Å². The van der Waals surface area contributed by atoms with Gasteiger partial charge in [0.15, 0.2) is 5.60 Å². The minimum Gasteiger partial charge on any atom is -0.476 e. The fourth-order valence-corrected chi connectivity index (χ4v) is 4.34. The number of hydrogen-bond acceptors (Lipinski definition) is 6. The summed E-state index contributed by atoms with van der Waals surface area (Å²) in [5, 5.41) is 3.97. The van der Waals surface area contributed by atoms with Crippen LogP contribution in [-0.2, 0) is 20.9 Å². The molecule has 2 aromatic carbocycles. The van der Waals surface area contributed by atoms with Gasteiger partial charge in [0.25, 0.3) is 0 Å². The number of ether oxygens (including phenoxy) is 3. The van der Waals surface area contributed by atoms with Gasteiger partial charge in [-0.25, -0.2) is 9.59 Å². The van der Waals surface area contributed by atoms with E-state index in [1.807, 2.05) is 24.3 Å². The maximum absolute atomic E-state index is 13.0. The molecule has 7 heteroatoms. The van der Waals surface area contributed by atoms with Crippen LogP contribution in [0.5, 0.6) is 11.5 Å². The third kappa shape index (κ3) is 12.9. The fourth-order valence-electron chi connectivity index (χ4n) is 4.21. The van der Waals surface area contributed by atoms with E-state index in [2.05, 4.69) is 12.2 Å². The molecule has 0 radical (unpaired) electrons. The summed E-state index contributed by atoms with van der Waals surface area (Å²) in [7, 11) is 0. The minimum atomic E-state index is -1.08. The van der Waals surface area contributed by atoms with Crippen molar-refractivity contribution in [1.82, 2.24) is 5.32 Å². The van der Waals surface area contributed by atoms with E-state index in [4.69, 9.17) is 25.8 Å². The molecule has 39 heavy (non-hydrogen) atoms. The molecule has 0 saturated heterocycles. The summed E-state index contributed by atoms with van der Waals surface area (Å²) in [6.45, 7) is 8.18. The van der Waals surface area contributed by atoms with E-state index in [0.717, 1.165) is 18.4 Å². The molecule has 1 N–H and O–H groups in total. The molecule has 0 aromatic heterocycles. The van der Waals surface area contributed by atoms with E-state index in [1.165, 1.54) is 44.9 Å². The first-order valence-corrected chi connectivity index (χ1v) is 14.8. The summed E-state index contributed by atoms with van der Waals surface area (Å²) < 4.78 is 16.6. The zero-order valence-corrected chi connectivity index (χ0v) is 24.9. The summed E-state index contributed by atoms with van der Waals surface area (Å²) in [6.07, 6.45) is 11.7. The number of carbonyl (C=O) groups excluding carboxylic acids is 2. The van der Waals surface area contributed by atoms with Gasteiger partial charge in [-0.05, 0) is 69.2 Å². The SMILES string of the molecule is CCCCCCCCCCCC(NCc1ccc(OC(C)(C)C(=O)OCC)cc1)C(=O)Oc1ccc(Cl)cc1. The van der Waals surface area contributed by atoms with Gasteiger partial charge in [-0.2, -0.15) is 0 Å². The van der Waals surface area contributed by atoms with E-state index < -0.39 is 17.6 Å². The van der Waals surface area contributed by atoms with Gasteiger partial charge in [0.1, 0.15) is 17.5 Å². The Morgan fingerprint density at radius 2 is 1.38 bits per heavy atom. The van der Waals surface area contributed by atoms with Crippen molar-refractivity contribution < 1.29 is 23.8 Å². The normalized spacial score (nSPS) is 12.1. The van der Waals surface area contributed by atoms with Crippen LogP contribution >= 0.6 is 11.6 Å². The molecule has 2 rings (SSSR count). The number of rotatable bonds is 19. The van der Waals surface area contributed by atoms with Gasteiger partial charge >= 0.3 is 11.9 Å². The van der Waals surface area contributed by atoms with Crippen molar-refractivity contribution in [2.45, 2.75) is 110 Å². The predicted molar refractivity (Wildman–Crippen MR) is 157 cm³/mol. The van der Waals surface area contributed by atoms with Gasteiger partial charge in [-0.15, -0.1) is 0 Å². The van der Waals surface area contributed by atoms with E-state index in [-0.39, 0.29) is 5.97 Å². The highest BCUT2D eigenvalue weighted by Gasteiger charge is 2.31. The number of nitrogens with one attached hydrogen (secondary N) is 1. The zero-order chi connectivity index (χ0) is 28.5. The molecule has 0 amide bonds. The van der Waals surface area contributed by atoms with Crippen molar-refractivity contribution >= 4 is 23.5 Å².